The zero-order valence-electron chi connectivity index (χ0n) is 20.8. The van der Waals surface area contributed by atoms with Crippen LogP contribution in [0.3, 0.4) is 0 Å². The van der Waals surface area contributed by atoms with Gasteiger partial charge in [0, 0.05) is 57.7 Å². The smallest absolute Gasteiger partial charge is 0.253 e. The highest BCUT2D eigenvalue weighted by molar-refractivity contribution is 7.89. The summed E-state index contributed by atoms with van der Waals surface area (Å²) >= 11 is 1.67. The zero-order valence-corrected chi connectivity index (χ0v) is 22.5. The summed E-state index contributed by atoms with van der Waals surface area (Å²) in [5.74, 6) is -0.148. The van der Waals surface area contributed by atoms with E-state index in [4.69, 9.17) is 15.5 Å². The van der Waals surface area contributed by atoms with Crippen molar-refractivity contribution in [2.45, 2.75) is 31.6 Å². The molecule has 1 aliphatic rings. The number of aromatic nitrogens is 1. The Balaban J connectivity index is 1.41. The average molecular weight is 537 g/mol. The molecule has 4 rings (SSSR count). The quantitative estimate of drug-likeness (QED) is 0.430. The Bertz CT molecular complexity index is 1460. The first kappa shape index (κ1) is 26.6. The lowest BCUT2D eigenvalue weighted by molar-refractivity contribution is 0.0746. The summed E-state index contributed by atoms with van der Waals surface area (Å²) in [7, 11) is -3.87. The summed E-state index contributed by atoms with van der Waals surface area (Å²) in [5.41, 5.74) is 3.82. The highest BCUT2D eigenvalue weighted by atomic mass is 32.2. The molecule has 37 heavy (non-hydrogen) atoms. The molecular weight excluding hydrogens is 508 g/mol. The van der Waals surface area contributed by atoms with Gasteiger partial charge in [-0.05, 0) is 55.3 Å². The van der Waals surface area contributed by atoms with Gasteiger partial charge in [0.2, 0.25) is 10.0 Å². The number of fused-ring (bicyclic) bond motifs is 1. The maximum atomic E-state index is 13.1. The Morgan fingerprint density at radius 3 is 2.24 bits per heavy atom. The lowest BCUT2D eigenvalue weighted by Crippen LogP contribution is -2.48. The van der Waals surface area contributed by atoms with Crippen molar-refractivity contribution in [2.75, 3.05) is 44.2 Å². The SMILES string of the molecule is Cc1cc(C)c2nc(N3CCN(C(=O)c4ccc(S(=O)(=O)N(CCC#N)CCC#N)cc4)CC3)sc2c1. The lowest BCUT2D eigenvalue weighted by Gasteiger charge is -2.34. The number of piperazine rings is 1. The van der Waals surface area contributed by atoms with Gasteiger partial charge in [-0.2, -0.15) is 14.8 Å². The van der Waals surface area contributed by atoms with Gasteiger partial charge in [0.15, 0.2) is 5.13 Å². The van der Waals surface area contributed by atoms with Crippen molar-refractivity contribution in [3.05, 3.63) is 53.1 Å². The number of rotatable bonds is 8. The fourth-order valence-corrected chi connectivity index (χ4v) is 7.03. The van der Waals surface area contributed by atoms with Crippen LogP contribution in [0.1, 0.15) is 34.3 Å². The highest BCUT2D eigenvalue weighted by Crippen LogP contribution is 2.32. The molecule has 0 saturated carbocycles. The minimum absolute atomic E-state index is 0.0132. The molecule has 0 bridgehead atoms. The minimum atomic E-state index is -3.87. The normalized spacial score (nSPS) is 14.1. The molecular formula is C26H28N6O3S2. The van der Waals surface area contributed by atoms with Crippen molar-refractivity contribution < 1.29 is 13.2 Å². The predicted octanol–water partition coefficient (Wildman–Crippen LogP) is 3.69. The van der Waals surface area contributed by atoms with Gasteiger partial charge < -0.3 is 9.80 Å². The average Bonchev–Trinajstić information content (AvgIpc) is 3.33. The van der Waals surface area contributed by atoms with Crippen LogP contribution in [-0.4, -0.2) is 67.8 Å². The Kier molecular flexibility index (Phi) is 8.08. The third-order valence-corrected chi connectivity index (χ3v) is 9.32. The number of thiazole rings is 1. The number of carbonyl (C=O) groups excluding carboxylic acids is 1. The van der Waals surface area contributed by atoms with Gasteiger partial charge in [-0.1, -0.05) is 17.4 Å². The molecule has 1 aliphatic heterocycles. The van der Waals surface area contributed by atoms with E-state index in [0.717, 1.165) is 20.5 Å². The van der Waals surface area contributed by atoms with Gasteiger partial charge in [0.25, 0.3) is 5.91 Å². The number of amides is 1. The second-order valence-electron chi connectivity index (χ2n) is 8.95. The molecule has 0 atom stereocenters. The van der Waals surface area contributed by atoms with Gasteiger partial charge in [-0.15, -0.1) is 0 Å². The molecule has 11 heteroatoms. The number of hydrogen-bond donors (Lipinski definition) is 0. The number of anilines is 1. The van der Waals surface area contributed by atoms with Gasteiger partial charge in [0.05, 0.1) is 27.3 Å². The van der Waals surface area contributed by atoms with E-state index in [1.54, 1.807) is 16.2 Å². The van der Waals surface area contributed by atoms with Crippen LogP contribution < -0.4 is 4.90 Å². The summed E-state index contributed by atoms with van der Waals surface area (Å²) < 4.78 is 28.3. The Hall–Kier alpha value is -3.51. The molecule has 0 N–H and O–H groups in total. The van der Waals surface area contributed by atoms with Crippen LogP contribution in [-0.2, 0) is 10.0 Å². The number of nitriles is 2. The van der Waals surface area contributed by atoms with E-state index in [0.29, 0.717) is 31.7 Å². The topological polar surface area (TPSA) is 121 Å². The fourth-order valence-electron chi connectivity index (χ4n) is 4.40. The molecule has 2 aromatic carbocycles. The summed E-state index contributed by atoms with van der Waals surface area (Å²) in [6, 6.07) is 14.0. The number of nitrogens with zero attached hydrogens (tertiary/aromatic N) is 6. The molecule has 1 aromatic heterocycles. The third-order valence-electron chi connectivity index (χ3n) is 6.34. The van der Waals surface area contributed by atoms with Crippen LogP contribution in [0.4, 0.5) is 5.13 Å². The summed E-state index contributed by atoms with van der Waals surface area (Å²) in [5, 5.41) is 18.7. The lowest BCUT2D eigenvalue weighted by atomic mass is 10.1. The molecule has 192 valence electrons. The Morgan fingerprint density at radius 1 is 1.03 bits per heavy atom. The fraction of sp³-hybridized carbons (Fsp3) is 0.385. The summed E-state index contributed by atoms with van der Waals surface area (Å²) in [6.07, 6.45) is 0.0624. The van der Waals surface area contributed by atoms with E-state index in [1.165, 1.54) is 34.5 Å². The molecule has 3 aromatic rings. The number of carbonyl (C=O) groups is 1. The van der Waals surface area contributed by atoms with E-state index >= 15 is 0 Å². The largest absolute Gasteiger partial charge is 0.345 e. The number of aryl methyl sites for hydroxylation is 2. The second-order valence-corrected chi connectivity index (χ2v) is 11.9. The van der Waals surface area contributed by atoms with Crippen molar-refractivity contribution in [2.24, 2.45) is 0 Å². The molecule has 9 nitrogen and oxygen atoms in total. The summed E-state index contributed by atoms with van der Waals surface area (Å²) in [6.45, 7) is 6.61. The molecule has 1 amide bonds. The van der Waals surface area contributed by atoms with Gasteiger partial charge in [-0.25, -0.2) is 13.4 Å². The van der Waals surface area contributed by atoms with Crippen molar-refractivity contribution in [3.8, 4) is 12.1 Å². The van der Waals surface area contributed by atoms with Crippen molar-refractivity contribution in [1.29, 1.82) is 10.5 Å². The first-order valence-corrected chi connectivity index (χ1v) is 14.3. The molecule has 0 unspecified atom stereocenters. The molecule has 0 aliphatic carbocycles. The van der Waals surface area contributed by atoms with Crippen LogP contribution in [0.2, 0.25) is 0 Å². The van der Waals surface area contributed by atoms with E-state index in [9.17, 15) is 13.2 Å². The molecule has 0 radical (unpaired) electrons. The van der Waals surface area contributed by atoms with Crippen LogP contribution in [0.15, 0.2) is 41.3 Å². The minimum Gasteiger partial charge on any atom is -0.345 e. The summed E-state index contributed by atoms with van der Waals surface area (Å²) in [4.78, 5) is 22.0. The Morgan fingerprint density at radius 2 is 1.65 bits per heavy atom. The monoisotopic (exact) mass is 536 g/mol. The number of hydrogen-bond acceptors (Lipinski definition) is 8. The molecule has 1 fully saturated rings. The van der Waals surface area contributed by atoms with Crippen LogP contribution in [0, 0.1) is 36.5 Å². The first-order valence-electron chi connectivity index (χ1n) is 12.0. The van der Waals surface area contributed by atoms with Crippen molar-refractivity contribution in [1.82, 2.24) is 14.2 Å². The highest BCUT2D eigenvalue weighted by Gasteiger charge is 2.27. The number of sulfonamides is 1. The van der Waals surface area contributed by atoms with Crippen LogP contribution >= 0.6 is 11.3 Å². The van der Waals surface area contributed by atoms with Crippen molar-refractivity contribution >= 4 is 42.6 Å². The molecule has 1 saturated heterocycles. The van der Waals surface area contributed by atoms with Gasteiger partial charge >= 0.3 is 0 Å². The third kappa shape index (κ3) is 5.75. The Labute approximate surface area is 221 Å². The van der Waals surface area contributed by atoms with E-state index in [2.05, 4.69) is 30.9 Å². The van der Waals surface area contributed by atoms with E-state index in [1.807, 2.05) is 12.1 Å². The molecule has 0 spiro atoms. The van der Waals surface area contributed by atoms with E-state index in [-0.39, 0.29) is 36.7 Å². The maximum absolute atomic E-state index is 13.1. The van der Waals surface area contributed by atoms with Crippen molar-refractivity contribution in [3.63, 3.8) is 0 Å². The van der Waals surface area contributed by atoms with Crippen LogP contribution in [0.5, 0.6) is 0 Å². The standard InChI is InChI=1S/C26H28N6O3S2/c1-19-17-20(2)24-23(18-19)36-26(29-24)31-15-13-30(14-16-31)25(33)21-5-7-22(8-6-21)37(34,35)32(11-3-9-27)12-4-10-28/h5-8,17-18H,3-4,11-16H2,1-2H3. The first-order chi connectivity index (χ1) is 17.7. The molecule has 2 heterocycles. The number of benzene rings is 2. The van der Waals surface area contributed by atoms with E-state index < -0.39 is 10.0 Å². The maximum Gasteiger partial charge on any atom is 0.253 e. The van der Waals surface area contributed by atoms with Crippen LogP contribution in [0.25, 0.3) is 10.2 Å². The van der Waals surface area contributed by atoms with Gasteiger partial charge in [0.1, 0.15) is 0 Å². The predicted molar refractivity (Wildman–Crippen MR) is 143 cm³/mol. The zero-order chi connectivity index (χ0) is 26.6. The second kappa shape index (κ2) is 11.3. The van der Waals surface area contributed by atoms with Gasteiger partial charge in [-0.3, -0.25) is 4.79 Å².